The van der Waals surface area contributed by atoms with Gasteiger partial charge in [0.15, 0.2) is 0 Å². The van der Waals surface area contributed by atoms with Crippen molar-refractivity contribution in [3.63, 3.8) is 0 Å². The minimum Gasteiger partial charge on any atom is -0.481 e. The van der Waals surface area contributed by atoms with Crippen molar-refractivity contribution < 1.29 is 24.2 Å². The van der Waals surface area contributed by atoms with Gasteiger partial charge in [0.05, 0.1) is 0 Å². The van der Waals surface area contributed by atoms with E-state index in [-0.39, 0.29) is 5.91 Å². The predicted molar refractivity (Wildman–Crippen MR) is 122 cm³/mol. The number of carbonyl (C=O) groups is 3. The van der Waals surface area contributed by atoms with Crippen LogP contribution in [0.5, 0.6) is 0 Å². The van der Waals surface area contributed by atoms with Crippen LogP contribution >= 0.6 is 0 Å². The molecule has 0 heterocycles. The normalized spacial score (nSPS) is 13.8. The maximum Gasteiger partial charge on any atom is 0.317 e. The summed E-state index contributed by atoms with van der Waals surface area (Å²) in [5, 5.41) is 11.9. The number of hydrogen-bond donors (Lipinski definition) is 2. The van der Waals surface area contributed by atoms with Gasteiger partial charge in [-0.3, -0.25) is 14.4 Å². The molecule has 0 aliphatic carbocycles. The van der Waals surface area contributed by atoms with E-state index < -0.39 is 30.0 Å². The molecule has 0 spiro atoms. The lowest BCUT2D eigenvalue weighted by Gasteiger charge is -2.40. The Balaban J connectivity index is 2.99. The molecule has 1 rings (SSSR count). The summed E-state index contributed by atoms with van der Waals surface area (Å²) in [5.41, 5.74) is 1.18. The Morgan fingerprint density at radius 1 is 1.00 bits per heavy atom. The van der Waals surface area contributed by atoms with E-state index in [0.29, 0.717) is 12.8 Å². The van der Waals surface area contributed by atoms with Gasteiger partial charge in [0.1, 0.15) is 18.1 Å². The van der Waals surface area contributed by atoms with Gasteiger partial charge in [0.2, 0.25) is 5.91 Å². The van der Waals surface area contributed by atoms with Crippen LogP contribution in [0.3, 0.4) is 0 Å². The maximum atomic E-state index is 12.1. The van der Waals surface area contributed by atoms with Crippen LogP contribution in [-0.4, -0.2) is 29.1 Å². The molecule has 174 valence electrons. The van der Waals surface area contributed by atoms with Crippen molar-refractivity contribution in [1.29, 1.82) is 0 Å². The lowest BCUT2D eigenvalue weighted by molar-refractivity contribution is -0.160. The number of nitrogens with one attached hydrogen (secondary N) is 1. The van der Waals surface area contributed by atoms with Crippen LogP contribution in [0.2, 0.25) is 0 Å². The molecule has 0 saturated heterocycles. The summed E-state index contributed by atoms with van der Waals surface area (Å²) in [6.07, 6.45) is 8.08. The number of rotatable bonds is 15. The largest absolute Gasteiger partial charge is 0.481 e. The van der Waals surface area contributed by atoms with Crippen LogP contribution in [0.4, 0.5) is 0 Å². The van der Waals surface area contributed by atoms with Gasteiger partial charge in [-0.25, -0.2) is 0 Å². The van der Waals surface area contributed by atoms with E-state index in [9.17, 15) is 14.4 Å². The van der Waals surface area contributed by atoms with Crippen molar-refractivity contribution in [2.75, 3.05) is 0 Å². The molecule has 0 aliphatic heterocycles. The summed E-state index contributed by atoms with van der Waals surface area (Å²) in [5.74, 6) is -2.27. The Bertz CT molecular complexity index is 700. The van der Waals surface area contributed by atoms with Gasteiger partial charge in [-0.05, 0) is 36.8 Å². The number of carbonyl (C=O) groups excluding carboxylic acids is 2. The maximum absolute atomic E-state index is 12.1. The standard InChI is InChI=1S/C25H39NO5/c1-5-8-9-10-11-12-13-20-14-16-21(17-15-20)25(7-3,26-19(4)27)22(6-2)31-24(30)18-23(28)29/h14-17,22H,5-13,18H2,1-4H3,(H,26,27)(H,28,29). The molecule has 0 aliphatic rings. The lowest BCUT2D eigenvalue weighted by atomic mass is 9.80. The zero-order valence-electron chi connectivity index (χ0n) is 19.5. The summed E-state index contributed by atoms with van der Waals surface area (Å²) < 4.78 is 5.53. The quantitative estimate of drug-likeness (QED) is 0.227. The van der Waals surface area contributed by atoms with E-state index in [4.69, 9.17) is 9.84 Å². The van der Waals surface area contributed by atoms with Crippen LogP contribution in [0.15, 0.2) is 24.3 Å². The Labute approximate surface area is 186 Å². The highest BCUT2D eigenvalue weighted by Gasteiger charge is 2.41. The highest BCUT2D eigenvalue weighted by molar-refractivity contribution is 5.90. The van der Waals surface area contributed by atoms with Crippen molar-refractivity contribution in [2.45, 2.75) is 104 Å². The third-order valence-electron chi connectivity index (χ3n) is 5.73. The smallest absolute Gasteiger partial charge is 0.317 e. The zero-order chi connectivity index (χ0) is 23.3. The van der Waals surface area contributed by atoms with Gasteiger partial charge in [-0.2, -0.15) is 0 Å². The predicted octanol–water partition coefficient (Wildman–Crippen LogP) is 5.13. The average molecular weight is 434 g/mol. The fourth-order valence-corrected chi connectivity index (χ4v) is 4.11. The van der Waals surface area contributed by atoms with Crippen molar-refractivity contribution in [1.82, 2.24) is 5.32 Å². The van der Waals surface area contributed by atoms with Gasteiger partial charge in [-0.1, -0.05) is 77.1 Å². The number of aliphatic carboxylic acids is 1. The minimum atomic E-state index is -1.24. The third kappa shape index (κ3) is 8.72. The summed E-state index contributed by atoms with van der Waals surface area (Å²) in [7, 11) is 0. The van der Waals surface area contributed by atoms with Crippen LogP contribution < -0.4 is 5.32 Å². The average Bonchev–Trinajstić information content (AvgIpc) is 2.72. The number of carboxylic acid groups (broad SMARTS) is 1. The van der Waals surface area contributed by atoms with Crippen LogP contribution in [-0.2, 0) is 31.1 Å². The summed E-state index contributed by atoms with van der Waals surface area (Å²) in [6, 6.07) is 8.11. The van der Waals surface area contributed by atoms with Gasteiger partial charge >= 0.3 is 11.9 Å². The van der Waals surface area contributed by atoms with E-state index in [0.717, 1.165) is 18.4 Å². The second kappa shape index (κ2) is 13.8. The third-order valence-corrected chi connectivity index (χ3v) is 5.73. The molecule has 0 fully saturated rings. The first-order chi connectivity index (χ1) is 14.8. The minimum absolute atomic E-state index is 0.231. The Kier molecular flexibility index (Phi) is 11.9. The fourth-order valence-electron chi connectivity index (χ4n) is 4.11. The highest BCUT2D eigenvalue weighted by Crippen LogP contribution is 2.33. The lowest BCUT2D eigenvalue weighted by Crippen LogP contribution is -2.54. The molecule has 2 N–H and O–H groups in total. The molecule has 1 aromatic carbocycles. The number of aryl methyl sites for hydroxylation is 1. The zero-order valence-corrected chi connectivity index (χ0v) is 19.5. The van der Waals surface area contributed by atoms with Crippen LogP contribution in [0.1, 0.15) is 96.6 Å². The van der Waals surface area contributed by atoms with Crippen molar-refractivity contribution in [3.8, 4) is 0 Å². The number of unbranched alkanes of at least 4 members (excludes halogenated alkanes) is 5. The molecular formula is C25H39NO5. The fraction of sp³-hybridized carbons (Fsp3) is 0.640. The van der Waals surface area contributed by atoms with Gasteiger partial charge in [0.25, 0.3) is 0 Å². The molecule has 0 aromatic heterocycles. The SMILES string of the molecule is CCCCCCCCc1ccc(C(CC)(NC(C)=O)C(CC)OC(=O)CC(=O)O)cc1. The van der Waals surface area contributed by atoms with E-state index in [1.54, 1.807) is 0 Å². The molecular weight excluding hydrogens is 394 g/mol. The molecule has 2 atom stereocenters. The topological polar surface area (TPSA) is 92.7 Å². The molecule has 1 aromatic rings. The molecule has 2 unspecified atom stereocenters. The van der Waals surface area contributed by atoms with Crippen molar-refractivity contribution in [3.05, 3.63) is 35.4 Å². The highest BCUT2D eigenvalue weighted by atomic mass is 16.5. The van der Waals surface area contributed by atoms with Crippen molar-refractivity contribution >= 4 is 17.8 Å². The van der Waals surface area contributed by atoms with E-state index in [1.807, 2.05) is 26.0 Å². The Morgan fingerprint density at radius 2 is 1.61 bits per heavy atom. The second-order valence-electron chi connectivity index (χ2n) is 8.18. The molecule has 6 nitrogen and oxygen atoms in total. The number of hydrogen-bond acceptors (Lipinski definition) is 4. The van der Waals surface area contributed by atoms with E-state index >= 15 is 0 Å². The number of esters is 1. The number of carboxylic acids is 1. The monoisotopic (exact) mass is 433 g/mol. The van der Waals surface area contributed by atoms with Crippen LogP contribution in [0.25, 0.3) is 0 Å². The van der Waals surface area contributed by atoms with Crippen LogP contribution in [0, 0.1) is 0 Å². The summed E-state index contributed by atoms with van der Waals surface area (Å²) >= 11 is 0. The summed E-state index contributed by atoms with van der Waals surface area (Å²) in [4.78, 5) is 35.0. The van der Waals surface area contributed by atoms with Gasteiger partial charge in [-0.15, -0.1) is 0 Å². The van der Waals surface area contributed by atoms with Gasteiger partial charge in [0, 0.05) is 6.92 Å². The first-order valence-corrected chi connectivity index (χ1v) is 11.6. The van der Waals surface area contributed by atoms with E-state index in [1.165, 1.54) is 44.6 Å². The van der Waals surface area contributed by atoms with Crippen molar-refractivity contribution in [2.24, 2.45) is 0 Å². The molecule has 6 heteroatoms. The first-order valence-electron chi connectivity index (χ1n) is 11.6. The van der Waals surface area contributed by atoms with E-state index in [2.05, 4.69) is 24.4 Å². The number of ether oxygens (including phenoxy) is 1. The molecule has 1 amide bonds. The molecule has 0 bridgehead atoms. The molecule has 0 saturated carbocycles. The Hall–Kier alpha value is -2.37. The summed E-state index contributed by atoms with van der Waals surface area (Å²) in [6.45, 7) is 7.43. The first kappa shape index (κ1) is 26.7. The molecule has 31 heavy (non-hydrogen) atoms. The second-order valence-corrected chi connectivity index (χ2v) is 8.18. The number of amides is 1. The Morgan fingerprint density at radius 3 is 2.13 bits per heavy atom. The number of benzene rings is 1. The van der Waals surface area contributed by atoms with Gasteiger partial charge < -0.3 is 15.2 Å². The molecule has 0 radical (unpaired) electrons.